The molecule has 0 aliphatic carbocycles. The highest BCUT2D eigenvalue weighted by molar-refractivity contribution is 6.31. The second kappa shape index (κ2) is 9.14. The Bertz CT molecular complexity index is 772. The quantitative estimate of drug-likeness (QED) is 0.700. The summed E-state index contributed by atoms with van der Waals surface area (Å²) >= 11 is 5.97. The molecule has 0 aliphatic heterocycles. The highest BCUT2D eigenvalue weighted by Gasteiger charge is 2.06. The van der Waals surface area contributed by atoms with Crippen LogP contribution in [0.3, 0.4) is 0 Å². The van der Waals surface area contributed by atoms with Crippen molar-refractivity contribution in [2.45, 2.75) is 20.8 Å². The van der Waals surface area contributed by atoms with E-state index in [1.165, 1.54) is 6.08 Å². The molecule has 5 heteroatoms. The number of carbonyl (C=O) groups is 1. The van der Waals surface area contributed by atoms with Gasteiger partial charge in [0.1, 0.15) is 0 Å². The molecule has 0 aliphatic rings. The number of aryl methyl sites for hydroxylation is 1. The van der Waals surface area contributed by atoms with Crippen LogP contribution in [0.4, 0.5) is 5.69 Å². The molecular weight excluding hydrogens is 338 g/mol. The van der Waals surface area contributed by atoms with Gasteiger partial charge in [-0.15, -0.1) is 0 Å². The van der Waals surface area contributed by atoms with Crippen LogP contribution in [0, 0.1) is 6.92 Å². The van der Waals surface area contributed by atoms with E-state index in [0.717, 1.165) is 11.1 Å². The molecule has 0 unspecified atom stereocenters. The molecule has 0 bridgehead atoms. The van der Waals surface area contributed by atoms with Gasteiger partial charge in [0, 0.05) is 16.8 Å². The van der Waals surface area contributed by atoms with Gasteiger partial charge in [-0.2, -0.15) is 0 Å². The molecule has 1 amide bonds. The highest BCUT2D eigenvalue weighted by Crippen LogP contribution is 2.29. The zero-order chi connectivity index (χ0) is 18.2. The van der Waals surface area contributed by atoms with E-state index < -0.39 is 0 Å². The summed E-state index contributed by atoms with van der Waals surface area (Å²) in [4.78, 5) is 12.1. The summed E-state index contributed by atoms with van der Waals surface area (Å²) in [5, 5.41) is 3.41. The number of hydrogen-bond donors (Lipinski definition) is 1. The molecule has 1 N–H and O–H groups in total. The monoisotopic (exact) mass is 359 g/mol. The highest BCUT2D eigenvalue weighted by atomic mass is 35.5. The Kier molecular flexibility index (Phi) is 6.90. The summed E-state index contributed by atoms with van der Waals surface area (Å²) in [6.45, 7) is 6.86. The first kappa shape index (κ1) is 18.9. The standard InChI is InChI=1S/C20H22ClNO3/c1-4-24-18-10-7-15(12-19(18)25-5-2)8-11-20(23)22-17-13-16(21)9-6-14(17)3/h6-13H,4-5H2,1-3H3,(H,22,23)/b11-8+. The van der Waals surface area contributed by atoms with Crippen LogP contribution in [0.5, 0.6) is 11.5 Å². The van der Waals surface area contributed by atoms with Crippen molar-refractivity contribution in [3.05, 3.63) is 58.6 Å². The van der Waals surface area contributed by atoms with Crippen molar-refractivity contribution >= 4 is 29.3 Å². The van der Waals surface area contributed by atoms with Crippen molar-refractivity contribution in [3.63, 3.8) is 0 Å². The Morgan fingerprint density at radius 3 is 2.52 bits per heavy atom. The van der Waals surface area contributed by atoms with Crippen molar-refractivity contribution in [3.8, 4) is 11.5 Å². The summed E-state index contributed by atoms with van der Waals surface area (Å²) in [7, 11) is 0. The van der Waals surface area contributed by atoms with E-state index in [1.807, 2.05) is 45.0 Å². The lowest BCUT2D eigenvalue weighted by molar-refractivity contribution is -0.111. The first-order chi connectivity index (χ1) is 12.0. The van der Waals surface area contributed by atoms with Crippen molar-refractivity contribution < 1.29 is 14.3 Å². The van der Waals surface area contributed by atoms with Crippen molar-refractivity contribution in [2.24, 2.45) is 0 Å². The van der Waals surface area contributed by atoms with Gasteiger partial charge in [0.05, 0.1) is 13.2 Å². The van der Waals surface area contributed by atoms with Gasteiger partial charge >= 0.3 is 0 Å². The minimum Gasteiger partial charge on any atom is -0.490 e. The second-order valence-electron chi connectivity index (χ2n) is 5.35. The van der Waals surface area contributed by atoms with Gasteiger partial charge in [-0.05, 0) is 62.2 Å². The molecule has 0 saturated heterocycles. The maximum absolute atomic E-state index is 12.1. The fourth-order valence-corrected chi connectivity index (χ4v) is 2.42. The van der Waals surface area contributed by atoms with Gasteiger partial charge in [-0.3, -0.25) is 4.79 Å². The largest absolute Gasteiger partial charge is 0.490 e. The summed E-state index contributed by atoms with van der Waals surface area (Å²) in [5.41, 5.74) is 2.50. The van der Waals surface area contributed by atoms with Crippen LogP contribution in [0.25, 0.3) is 6.08 Å². The molecule has 0 spiro atoms. The van der Waals surface area contributed by atoms with E-state index in [-0.39, 0.29) is 5.91 Å². The molecule has 0 saturated carbocycles. The number of halogens is 1. The van der Waals surface area contributed by atoms with E-state index in [9.17, 15) is 4.79 Å². The number of anilines is 1. The smallest absolute Gasteiger partial charge is 0.248 e. The third kappa shape index (κ3) is 5.54. The molecule has 25 heavy (non-hydrogen) atoms. The summed E-state index contributed by atoms with van der Waals surface area (Å²) in [6, 6.07) is 10.9. The SMILES string of the molecule is CCOc1ccc(/C=C/C(=O)Nc2cc(Cl)ccc2C)cc1OCC. The Balaban J connectivity index is 2.11. The Morgan fingerprint density at radius 2 is 1.80 bits per heavy atom. The topological polar surface area (TPSA) is 47.6 Å². The Hall–Kier alpha value is -2.46. The van der Waals surface area contributed by atoms with Crippen LogP contribution in [-0.2, 0) is 4.79 Å². The van der Waals surface area contributed by atoms with E-state index in [0.29, 0.717) is 35.4 Å². The Morgan fingerprint density at radius 1 is 1.08 bits per heavy atom. The number of nitrogens with one attached hydrogen (secondary N) is 1. The van der Waals surface area contributed by atoms with E-state index in [4.69, 9.17) is 21.1 Å². The number of ether oxygens (including phenoxy) is 2. The molecule has 2 aromatic carbocycles. The summed E-state index contributed by atoms with van der Waals surface area (Å²) < 4.78 is 11.1. The number of carbonyl (C=O) groups excluding carboxylic acids is 1. The Labute approximate surface area is 153 Å². The van der Waals surface area contributed by atoms with Crippen LogP contribution in [0.15, 0.2) is 42.5 Å². The molecule has 0 radical (unpaired) electrons. The lowest BCUT2D eigenvalue weighted by Crippen LogP contribution is -2.08. The average Bonchev–Trinajstić information content (AvgIpc) is 2.59. The van der Waals surface area contributed by atoms with Gasteiger partial charge < -0.3 is 14.8 Å². The van der Waals surface area contributed by atoms with E-state index in [2.05, 4.69) is 5.32 Å². The molecule has 4 nitrogen and oxygen atoms in total. The predicted octanol–water partition coefficient (Wildman–Crippen LogP) is 5.10. The maximum atomic E-state index is 12.1. The van der Waals surface area contributed by atoms with Crippen LogP contribution in [0.2, 0.25) is 5.02 Å². The zero-order valence-corrected chi connectivity index (χ0v) is 15.4. The zero-order valence-electron chi connectivity index (χ0n) is 14.6. The van der Waals surface area contributed by atoms with Gasteiger partial charge in [0.2, 0.25) is 5.91 Å². The molecular formula is C20H22ClNO3. The molecule has 0 atom stereocenters. The predicted molar refractivity (Wildman–Crippen MR) is 103 cm³/mol. The van der Waals surface area contributed by atoms with Crippen LogP contribution in [-0.4, -0.2) is 19.1 Å². The first-order valence-corrected chi connectivity index (χ1v) is 8.56. The number of benzene rings is 2. The molecule has 0 heterocycles. The fourth-order valence-electron chi connectivity index (χ4n) is 2.25. The number of rotatable bonds is 7. The maximum Gasteiger partial charge on any atom is 0.248 e. The summed E-state index contributed by atoms with van der Waals surface area (Å²) in [5.74, 6) is 1.13. The molecule has 132 valence electrons. The van der Waals surface area contributed by atoms with Crippen LogP contribution >= 0.6 is 11.6 Å². The lowest BCUT2D eigenvalue weighted by atomic mass is 10.1. The van der Waals surface area contributed by atoms with Crippen molar-refractivity contribution in [1.82, 2.24) is 0 Å². The molecule has 0 fully saturated rings. The molecule has 2 aromatic rings. The minimum atomic E-state index is -0.225. The summed E-state index contributed by atoms with van der Waals surface area (Å²) in [6.07, 6.45) is 3.21. The second-order valence-corrected chi connectivity index (χ2v) is 5.79. The first-order valence-electron chi connectivity index (χ1n) is 8.18. The minimum absolute atomic E-state index is 0.225. The lowest BCUT2D eigenvalue weighted by Gasteiger charge is -2.11. The third-order valence-electron chi connectivity index (χ3n) is 3.45. The number of amides is 1. The van der Waals surface area contributed by atoms with Gasteiger partial charge in [-0.25, -0.2) is 0 Å². The van der Waals surface area contributed by atoms with Gasteiger partial charge in [-0.1, -0.05) is 23.7 Å². The normalized spacial score (nSPS) is 10.7. The molecule has 2 rings (SSSR count). The fraction of sp³-hybridized carbons (Fsp3) is 0.250. The van der Waals surface area contributed by atoms with Gasteiger partial charge in [0.25, 0.3) is 0 Å². The number of hydrogen-bond acceptors (Lipinski definition) is 3. The van der Waals surface area contributed by atoms with Crippen molar-refractivity contribution in [1.29, 1.82) is 0 Å². The van der Waals surface area contributed by atoms with Crippen molar-refractivity contribution in [2.75, 3.05) is 18.5 Å². The van der Waals surface area contributed by atoms with Gasteiger partial charge in [0.15, 0.2) is 11.5 Å². The average molecular weight is 360 g/mol. The van der Waals surface area contributed by atoms with Crippen LogP contribution in [0.1, 0.15) is 25.0 Å². The van der Waals surface area contributed by atoms with E-state index >= 15 is 0 Å². The van der Waals surface area contributed by atoms with E-state index in [1.54, 1.807) is 18.2 Å². The van der Waals surface area contributed by atoms with Crippen LogP contribution < -0.4 is 14.8 Å². The third-order valence-corrected chi connectivity index (χ3v) is 3.69. The molecule has 0 aromatic heterocycles.